The first-order chi connectivity index (χ1) is 16.1. The maximum absolute atomic E-state index is 13.1. The molecule has 0 aliphatic carbocycles. The lowest BCUT2D eigenvalue weighted by atomic mass is 10.1. The number of halogens is 1. The summed E-state index contributed by atoms with van der Waals surface area (Å²) in [7, 11) is 3.13. The van der Waals surface area contributed by atoms with Crippen molar-refractivity contribution in [2.75, 3.05) is 14.2 Å². The van der Waals surface area contributed by atoms with Gasteiger partial charge in [-0.15, -0.1) is 0 Å². The van der Waals surface area contributed by atoms with Crippen molar-refractivity contribution >= 4 is 5.91 Å². The molecule has 0 unspecified atom stereocenters. The van der Waals surface area contributed by atoms with E-state index >= 15 is 0 Å². The second kappa shape index (κ2) is 10.0. The number of hydrogen-bond acceptors (Lipinski definition) is 6. The first kappa shape index (κ1) is 22.1. The van der Waals surface area contributed by atoms with Crippen LogP contribution in [0.5, 0.6) is 5.75 Å². The van der Waals surface area contributed by atoms with Crippen LogP contribution in [-0.4, -0.2) is 39.9 Å². The Balaban J connectivity index is 1.62. The van der Waals surface area contributed by atoms with Crippen molar-refractivity contribution < 1.29 is 18.7 Å². The molecule has 0 radical (unpaired) electrons. The minimum absolute atomic E-state index is 0.127. The monoisotopic (exact) mass is 447 g/mol. The van der Waals surface area contributed by atoms with Crippen molar-refractivity contribution in [2.45, 2.75) is 13.2 Å². The molecule has 0 saturated heterocycles. The van der Waals surface area contributed by atoms with Crippen LogP contribution < -0.4 is 10.1 Å². The molecule has 0 aliphatic rings. The summed E-state index contributed by atoms with van der Waals surface area (Å²) in [6.45, 7) is 0.373. The molecule has 0 saturated carbocycles. The molecule has 0 aliphatic heterocycles. The number of carbonyl (C=O) groups is 1. The fourth-order valence-electron chi connectivity index (χ4n) is 3.35. The number of benzene rings is 2. The fraction of sp³-hybridized carbons (Fsp3) is 0.167. The van der Waals surface area contributed by atoms with Crippen molar-refractivity contribution in [3.05, 3.63) is 89.6 Å². The van der Waals surface area contributed by atoms with E-state index in [1.165, 1.54) is 30.1 Å². The number of para-hydroxylation sites is 1. The van der Waals surface area contributed by atoms with Gasteiger partial charge in [-0.1, -0.05) is 24.3 Å². The first-order valence-corrected chi connectivity index (χ1v) is 10.2. The van der Waals surface area contributed by atoms with Crippen LogP contribution in [-0.2, 0) is 17.9 Å². The lowest BCUT2D eigenvalue weighted by molar-refractivity contribution is 0.0945. The Morgan fingerprint density at radius 3 is 2.64 bits per heavy atom. The zero-order valence-corrected chi connectivity index (χ0v) is 18.2. The predicted octanol–water partition coefficient (Wildman–Crippen LogP) is 3.55. The first-order valence-electron chi connectivity index (χ1n) is 10.2. The Kier molecular flexibility index (Phi) is 6.70. The van der Waals surface area contributed by atoms with Crippen molar-refractivity contribution in [1.82, 2.24) is 25.1 Å². The topological polar surface area (TPSA) is 91.2 Å². The number of nitrogens with one attached hydrogen (secondary N) is 1. The Labute approximate surface area is 190 Å². The van der Waals surface area contributed by atoms with Gasteiger partial charge in [-0.25, -0.2) is 14.4 Å². The zero-order chi connectivity index (χ0) is 23.2. The van der Waals surface area contributed by atoms with Gasteiger partial charge in [0.25, 0.3) is 11.9 Å². The van der Waals surface area contributed by atoms with Gasteiger partial charge in [0.05, 0.1) is 36.9 Å². The number of aromatic nitrogens is 4. The smallest absolute Gasteiger partial charge is 0.255 e. The van der Waals surface area contributed by atoms with Crippen LogP contribution >= 0.6 is 0 Å². The van der Waals surface area contributed by atoms with Gasteiger partial charge in [-0.05, 0) is 35.9 Å². The second-order valence-electron chi connectivity index (χ2n) is 7.10. The van der Waals surface area contributed by atoms with Crippen molar-refractivity contribution in [1.29, 1.82) is 0 Å². The molecule has 2 aromatic carbocycles. The van der Waals surface area contributed by atoms with Crippen molar-refractivity contribution in [2.24, 2.45) is 0 Å². The van der Waals surface area contributed by atoms with E-state index in [-0.39, 0.29) is 24.9 Å². The molecule has 9 heteroatoms. The summed E-state index contributed by atoms with van der Waals surface area (Å²) in [6.07, 6.45) is 3.07. The molecule has 8 nitrogen and oxygen atoms in total. The molecule has 168 valence electrons. The minimum Gasteiger partial charge on any atom is -0.496 e. The van der Waals surface area contributed by atoms with Gasteiger partial charge in [0.1, 0.15) is 11.6 Å². The van der Waals surface area contributed by atoms with Gasteiger partial charge in [-0.3, -0.25) is 4.79 Å². The van der Waals surface area contributed by atoms with E-state index in [2.05, 4.69) is 20.4 Å². The van der Waals surface area contributed by atoms with E-state index in [1.807, 2.05) is 24.3 Å². The highest BCUT2D eigenvalue weighted by molar-refractivity contribution is 5.95. The molecule has 0 atom stereocenters. The second-order valence-corrected chi connectivity index (χ2v) is 7.10. The molecule has 2 aromatic heterocycles. The number of amides is 1. The van der Waals surface area contributed by atoms with Crippen molar-refractivity contribution in [3.8, 4) is 23.0 Å². The molecule has 4 rings (SSSR count). The highest BCUT2D eigenvalue weighted by Gasteiger charge is 2.20. The summed E-state index contributed by atoms with van der Waals surface area (Å²) in [5, 5.41) is 7.16. The summed E-state index contributed by atoms with van der Waals surface area (Å²) < 4.78 is 25.3. The van der Waals surface area contributed by atoms with Gasteiger partial charge in [0, 0.05) is 25.4 Å². The van der Waals surface area contributed by atoms with E-state index in [4.69, 9.17) is 9.47 Å². The normalized spacial score (nSPS) is 10.8. The van der Waals surface area contributed by atoms with Crippen LogP contribution in [0.1, 0.15) is 21.6 Å². The predicted molar refractivity (Wildman–Crippen MR) is 119 cm³/mol. The standard InChI is InChI=1S/C24H22FN5O3/c1-32-15-21-19(23(31)27-13-16-7-9-17(25)10-8-16)14-28-30(21)24-26-12-11-20(29-24)18-5-3-4-6-22(18)33-2/h3-12,14H,13,15H2,1-2H3,(H,27,31). The largest absolute Gasteiger partial charge is 0.496 e. The Hall–Kier alpha value is -4.11. The molecular formula is C24H22FN5O3. The van der Waals surface area contributed by atoms with Crippen LogP contribution in [0.4, 0.5) is 4.39 Å². The van der Waals surface area contributed by atoms with Gasteiger partial charge < -0.3 is 14.8 Å². The van der Waals surface area contributed by atoms with Gasteiger partial charge >= 0.3 is 0 Å². The number of ether oxygens (including phenoxy) is 2. The quantitative estimate of drug-likeness (QED) is 0.444. The highest BCUT2D eigenvalue weighted by Crippen LogP contribution is 2.28. The molecular weight excluding hydrogens is 425 g/mol. The SMILES string of the molecule is COCc1c(C(=O)NCc2ccc(F)cc2)cnn1-c1nccc(-c2ccccc2OC)n1. The van der Waals surface area contributed by atoms with Gasteiger partial charge in [0.15, 0.2) is 0 Å². The summed E-state index contributed by atoms with van der Waals surface area (Å²) in [4.78, 5) is 21.8. The van der Waals surface area contributed by atoms with E-state index in [0.717, 1.165) is 11.1 Å². The molecule has 4 aromatic rings. The summed E-state index contributed by atoms with van der Waals surface area (Å²) in [6, 6.07) is 15.2. The van der Waals surface area contributed by atoms with Gasteiger partial charge in [0.2, 0.25) is 0 Å². The maximum Gasteiger partial charge on any atom is 0.255 e. The molecule has 0 spiro atoms. The number of hydrogen-bond donors (Lipinski definition) is 1. The number of rotatable bonds is 8. The molecule has 2 heterocycles. The number of carbonyl (C=O) groups excluding carboxylic acids is 1. The van der Waals surface area contributed by atoms with Crippen LogP contribution in [0.2, 0.25) is 0 Å². The Morgan fingerprint density at radius 2 is 1.88 bits per heavy atom. The Morgan fingerprint density at radius 1 is 1.09 bits per heavy atom. The average molecular weight is 447 g/mol. The van der Waals surface area contributed by atoms with E-state index < -0.39 is 0 Å². The summed E-state index contributed by atoms with van der Waals surface area (Å²) in [5.41, 5.74) is 3.08. The zero-order valence-electron chi connectivity index (χ0n) is 18.2. The van der Waals surface area contributed by atoms with Crippen LogP contribution in [0.15, 0.2) is 67.0 Å². The van der Waals surface area contributed by atoms with Crippen LogP contribution in [0, 0.1) is 5.82 Å². The lowest BCUT2D eigenvalue weighted by Crippen LogP contribution is -2.24. The van der Waals surface area contributed by atoms with Crippen molar-refractivity contribution in [3.63, 3.8) is 0 Å². The highest BCUT2D eigenvalue weighted by atomic mass is 19.1. The molecule has 1 amide bonds. The Bertz CT molecular complexity index is 1260. The number of nitrogens with zero attached hydrogens (tertiary/aromatic N) is 4. The molecule has 0 fully saturated rings. The fourth-order valence-corrected chi connectivity index (χ4v) is 3.35. The summed E-state index contributed by atoms with van der Waals surface area (Å²) in [5.74, 6) is 0.311. The molecule has 1 N–H and O–H groups in total. The third-order valence-corrected chi connectivity index (χ3v) is 4.98. The molecule has 0 bridgehead atoms. The van der Waals surface area contributed by atoms with Crippen LogP contribution in [0.3, 0.4) is 0 Å². The number of methoxy groups -OCH3 is 2. The van der Waals surface area contributed by atoms with Gasteiger partial charge in [-0.2, -0.15) is 9.78 Å². The summed E-state index contributed by atoms with van der Waals surface area (Å²) >= 11 is 0. The van der Waals surface area contributed by atoms with E-state index in [1.54, 1.807) is 31.5 Å². The van der Waals surface area contributed by atoms with E-state index in [9.17, 15) is 9.18 Å². The lowest BCUT2D eigenvalue weighted by Gasteiger charge is -2.11. The molecule has 33 heavy (non-hydrogen) atoms. The maximum atomic E-state index is 13.1. The third kappa shape index (κ3) is 4.88. The average Bonchev–Trinajstić information content (AvgIpc) is 3.27. The minimum atomic E-state index is -0.335. The third-order valence-electron chi connectivity index (χ3n) is 4.98. The van der Waals surface area contributed by atoms with E-state index in [0.29, 0.717) is 28.6 Å². The van der Waals surface area contributed by atoms with Crippen LogP contribution in [0.25, 0.3) is 17.2 Å².